The summed E-state index contributed by atoms with van der Waals surface area (Å²) in [6.07, 6.45) is 3.26. The number of benzene rings is 2. The van der Waals surface area contributed by atoms with E-state index in [1.165, 1.54) is 30.3 Å². The molecule has 0 spiro atoms. The zero-order chi connectivity index (χ0) is 18.7. The van der Waals surface area contributed by atoms with Crippen molar-refractivity contribution < 1.29 is 18.0 Å². The van der Waals surface area contributed by atoms with Gasteiger partial charge in [0.1, 0.15) is 17.7 Å². The first-order chi connectivity index (χ1) is 12.4. The second kappa shape index (κ2) is 7.43. The Morgan fingerprint density at radius 1 is 1.12 bits per heavy atom. The topological polar surface area (TPSA) is 46.9 Å². The number of hydrogen-bond acceptors (Lipinski definition) is 2. The van der Waals surface area contributed by atoms with Gasteiger partial charge in [0.05, 0.1) is 6.42 Å². The number of hydrogen-bond donors (Lipinski definition) is 1. The van der Waals surface area contributed by atoms with E-state index in [1.807, 2.05) is 0 Å². The average Bonchev–Trinajstić information content (AvgIpc) is 3.03. The summed E-state index contributed by atoms with van der Waals surface area (Å²) >= 11 is 0. The van der Waals surface area contributed by atoms with Gasteiger partial charge >= 0.3 is 0 Å². The lowest BCUT2D eigenvalue weighted by atomic mass is 10.0. The molecule has 0 saturated heterocycles. The lowest BCUT2D eigenvalue weighted by Crippen LogP contribution is -2.32. The van der Waals surface area contributed by atoms with E-state index in [0.717, 1.165) is 12.1 Å². The monoisotopic (exact) mass is 359 g/mol. The molecule has 0 bridgehead atoms. The molecule has 1 amide bonds. The molecule has 1 unspecified atom stereocenters. The minimum absolute atomic E-state index is 0.0187. The van der Waals surface area contributed by atoms with Crippen LogP contribution in [0.5, 0.6) is 0 Å². The largest absolute Gasteiger partial charge is 0.342 e. The number of carbonyl (C=O) groups excluding carboxylic acids is 1. The SMILES string of the molecule is Cn1ccnc1C(NC(=O)Cc1ccc(F)cc1)c1ccc(F)c(F)c1. The van der Waals surface area contributed by atoms with Crippen molar-refractivity contribution in [1.82, 2.24) is 14.9 Å². The quantitative estimate of drug-likeness (QED) is 0.760. The molecule has 1 N–H and O–H groups in total. The molecule has 0 aliphatic rings. The third-order valence-corrected chi connectivity index (χ3v) is 3.98. The Morgan fingerprint density at radius 2 is 1.85 bits per heavy atom. The van der Waals surface area contributed by atoms with Gasteiger partial charge in [-0.1, -0.05) is 18.2 Å². The lowest BCUT2D eigenvalue weighted by Gasteiger charge is -2.19. The Morgan fingerprint density at radius 3 is 2.46 bits per heavy atom. The maximum atomic E-state index is 13.7. The Kier molecular flexibility index (Phi) is 5.06. The molecule has 0 saturated carbocycles. The van der Waals surface area contributed by atoms with Crippen molar-refractivity contribution in [2.75, 3.05) is 0 Å². The molecule has 0 aliphatic carbocycles. The van der Waals surface area contributed by atoms with Gasteiger partial charge < -0.3 is 9.88 Å². The summed E-state index contributed by atoms with van der Waals surface area (Å²) < 4.78 is 41.6. The van der Waals surface area contributed by atoms with Gasteiger partial charge in [0.15, 0.2) is 11.6 Å². The third-order valence-electron chi connectivity index (χ3n) is 3.98. The van der Waals surface area contributed by atoms with Crippen molar-refractivity contribution in [2.24, 2.45) is 7.05 Å². The van der Waals surface area contributed by atoms with Crippen LogP contribution in [-0.4, -0.2) is 15.5 Å². The van der Waals surface area contributed by atoms with Crippen LogP contribution in [0.4, 0.5) is 13.2 Å². The van der Waals surface area contributed by atoms with E-state index >= 15 is 0 Å². The predicted molar refractivity (Wildman–Crippen MR) is 89.7 cm³/mol. The van der Waals surface area contributed by atoms with E-state index in [4.69, 9.17) is 0 Å². The van der Waals surface area contributed by atoms with Gasteiger partial charge in [-0.05, 0) is 35.4 Å². The van der Waals surface area contributed by atoms with E-state index < -0.39 is 17.7 Å². The highest BCUT2D eigenvalue weighted by molar-refractivity contribution is 5.79. The molecule has 134 valence electrons. The number of imidazole rings is 1. The predicted octanol–water partition coefficient (Wildman–Crippen LogP) is 3.29. The standard InChI is InChI=1S/C19H16F3N3O/c1-25-9-8-23-19(25)18(13-4-7-15(21)16(22)11-13)24-17(26)10-12-2-5-14(20)6-3-12/h2-9,11,18H,10H2,1H3,(H,24,26). The maximum absolute atomic E-state index is 13.7. The third kappa shape index (κ3) is 3.93. The van der Waals surface area contributed by atoms with Crippen LogP contribution < -0.4 is 5.32 Å². The lowest BCUT2D eigenvalue weighted by molar-refractivity contribution is -0.121. The van der Waals surface area contributed by atoms with Crippen LogP contribution in [0, 0.1) is 17.5 Å². The fourth-order valence-corrected chi connectivity index (χ4v) is 2.64. The highest BCUT2D eigenvalue weighted by Crippen LogP contribution is 2.22. The van der Waals surface area contributed by atoms with Crippen molar-refractivity contribution in [3.63, 3.8) is 0 Å². The van der Waals surface area contributed by atoms with Crippen LogP contribution in [0.15, 0.2) is 54.9 Å². The van der Waals surface area contributed by atoms with Crippen LogP contribution >= 0.6 is 0 Å². The Balaban J connectivity index is 1.86. The molecule has 3 aromatic rings. The molecule has 0 fully saturated rings. The molecule has 26 heavy (non-hydrogen) atoms. The molecule has 7 heteroatoms. The highest BCUT2D eigenvalue weighted by Gasteiger charge is 2.22. The fraction of sp³-hybridized carbons (Fsp3) is 0.158. The number of carbonyl (C=O) groups is 1. The van der Waals surface area contributed by atoms with Crippen molar-refractivity contribution in [1.29, 1.82) is 0 Å². The van der Waals surface area contributed by atoms with Crippen LogP contribution in [0.3, 0.4) is 0 Å². The van der Waals surface area contributed by atoms with E-state index in [-0.39, 0.29) is 18.1 Å². The molecular weight excluding hydrogens is 343 g/mol. The molecule has 1 heterocycles. The summed E-state index contributed by atoms with van der Waals surface area (Å²) in [4.78, 5) is 16.6. The summed E-state index contributed by atoms with van der Waals surface area (Å²) in [7, 11) is 1.74. The van der Waals surface area contributed by atoms with Crippen molar-refractivity contribution in [3.05, 3.63) is 89.3 Å². The summed E-state index contributed by atoms with van der Waals surface area (Å²) in [5, 5.41) is 2.78. The summed E-state index contributed by atoms with van der Waals surface area (Å²) in [5.41, 5.74) is 0.999. The minimum Gasteiger partial charge on any atom is -0.342 e. The Bertz CT molecular complexity index is 922. The number of amides is 1. The average molecular weight is 359 g/mol. The second-order valence-corrected chi connectivity index (χ2v) is 5.87. The van der Waals surface area contributed by atoms with E-state index in [2.05, 4.69) is 10.3 Å². The van der Waals surface area contributed by atoms with Crippen molar-refractivity contribution in [3.8, 4) is 0 Å². The first kappa shape index (κ1) is 17.7. The molecular formula is C19H16F3N3O. The highest BCUT2D eigenvalue weighted by atomic mass is 19.2. The van der Waals surface area contributed by atoms with E-state index in [0.29, 0.717) is 17.0 Å². The van der Waals surface area contributed by atoms with Crippen LogP contribution in [-0.2, 0) is 18.3 Å². The molecule has 0 aliphatic heterocycles. The van der Waals surface area contributed by atoms with Gasteiger partial charge in [-0.15, -0.1) is 0 Å². The Hall–Kier alpha value is -3.09. The number of nitrogens with one attached hydrogen (secondary N) is 1. The smallest absolute Gasteiger partial charge is 0.225 e. The van der Waals surface area contributed by atoms with Crippen molar-refractivity contribution >= 4 is 5.91 Å². The number of rotatable bonds is 5. The van der Waals surface area contributed by atoms with Crippen LogP contribution in [0.25, 0.3) is 0 Å². The zero-order valence-corrected chi connectivity index (χ0v) is 13.9. The fourth-order valence-electron chi connectivity index (χ4n) is 2.64. The van der Waals surface area contributed by atoms with Crippen LogP contribution in [0.1, 0.15) is 23.0 Å². The number of aromatic nitrogens is 2. The van der Waals surface area contributed by atoms with Gasteiger partial charge in [0, 0.05) is 19.4 Å². The molecule has 3 rings (SSSR count). The maximum Gasteiger partial charge on any atom is 0.225 e. The molecule has 0 radical (unpaired) electrons. The summed E-state index contributed by atoms with van der Waals surface area (Å²) in [6, 6.07) is 8.26. The Labute approximate surface area is 148 Å². The normalized spacial score (nSPS) is 12.0. The number of aryl methyl sites for hydroxylation is 1. The molecule has 1 atom stereocenters. The van der Waals surface area contributed by atoms with E-state index in [1.54, 1.807) is 24.0 Å². The first-order valence-corrected chi connectivity index (χ1v) is 7.90. The van der Waals surface area contributed by atoms with Crippen molar-refractivity contribution in [2.45, 2.75) is 12.5 Å². The second-order valence-electron chi connectivity index (χ2n) is 5.87. The minimum atomic E-state index is -1.01. The van der Waals surface area contributed by atoms with Gasteiger partial charge in [0.25, 0.3) is 0 Å². The summed E-state index contributed by atoms with van der Waals surface area (Å²) in [6.45, 7) is 0. The van der Waals surface area contributed by atoms with Gasteiger partial charge in [-0.25, -0.2) is 18.2 Å². The number of halogens is 3. The van der Waals surface area contributed by atoms with Gasteiger partial charge in [-0.2, -0.15) is 0 Å². The van der Waals surface area contributed by atoms with E-state index in [9.17, 15) is 18.0 Å². The molecule has 2 aromatic carbocycles. The zero-order valence-electron chi connectivity index (χ0n) is 13.9. The van der Waals surface area contributed by atoms with Crippen LogP contribution in [0.2, 0.25) is 0 Å². The van der Waals surface area contributed by atoms with Gasteiger partial charge in [0.2, 0.25) is 5.91 Å². The number of nitrogens with zero attached hydrogens (tertiary/aromatic N) is 2. The first-order valence-electron chi connectivity index (χ1n) is 7.90. The summed E-state index contributed by atoms with van der Waals surface area (Å²) in [5.74, 6) is -2.24. The van der Waals surface area contributed by atoms with Gasteiger partial charge in [-0.3, -0.25) is 4.79 Å². The molecule has 1 aromatic heterocycles. The molecule has 4 nitrogen and oxygen atoms in total.